The van der Waals surface area contributed by atoms with E-state index in [-0.39, 0.29) is 29.8 Å². The van der Waals surface area contributed by atoms with Crippen LogP contribution in [0.15, 0.2) is 41.3 Å². The summed E-state index contributed by atoms with van der Waals surface area (Å²) in [6.45, 7) is 7.10. The van der Waals surface area contributed by atoms with Crippen molar-refractivity contribution in [3.8, 4) is 6.07 Å². The van der Waals surface area contributed by atoms with Gasteiger partial charge < -0.3 is 9.47 Å². The molecule has 0 N–H and O–H groups in total. The molecule has 0 bridgehead atoms. The van der Waals surface area contributed by atoms with Crippen molar-refractivity contribution in [2.24, 2.45) is 7.05 Å². The summed E-state index contributed by atoms with van der Waals surface area (Å²) in [7, 11) is 1.68. The highest BCUT2D eigenvalue weighted by atomic mass is 19.4. The minimum atomic E-state index is -4.42. The predicted octanol–water partition coefficient (Wildman–Crippen LogP) is 4.72. The van der Waals surface area contributed by atoms with Crippen molar-refractivity contribution in [1.29, 1.82) is 5.26 Å². The molecule has 3 heterocycles. The summed E-state index contributed by atoms with van der Waals surface area (Å²) in [4.78, 5) is 17.2. The number of benzene rings is 1. The van der Waals surface area contributed by atoms with E-state index in [9.17, 15) is 18.0 Å². The lowest BCUT2D eigenvalue weighted by molar-refractivity contribution is -0.138. The highest BCUT2D eigenvalue weighted by Gasteiger charge is 2.40. The molecule has 1 aliphatic rings. The molecule has 1 saturated heterocycles. The van der Waals surface area contributed by atoms with Gasteiger partial charge in [-0.2, -0.15) is 23.5 Å². The third kappa shape index (κ3) is 4.60. The molecule has 1 aromatic carbocycles. The number of rotatable bonds is 6. The Morgan fingerprint density at radius 2 is 1.86 bits per heavy atom. The lowest BCUT2D eigenvalue weighted by atomic mass is 9.94. The second kappa shape index (κ2) is 9.97. The molecule has 0 saturated carbocycles. The molecule has 1 unspecified atom stereocenters. The quantitative estimate of drug-likeness (QED) is 0.490. The summed E-state index contributed by atoms with van der Waals surface area (Å²) < 4.78 is 44.4. The molecule has 0 spiro atoms. The average molecular weight is 501 g/mol. The van der Waals surface area contributed by atoms with Crippen molar-refractivity contribution >= 4 is 16.7 Å². The summed E-state index contributed by atoms with van der Waals surface area (Å²) in [6.07, 6.45) is -1.23. The van der Waals surface area contributed by atoms with E-state index in [0.717, 1.165) is 18.9 Å². The van der Waals surface area contributed by atoms with Gasteiger partial charge in [-0.15, -0.1) is 0 Å². The highest BCUT2D eigenvalue weighted by molar-refractivity contribution is 5.88. The molecule has 7 nitrogen and oxygen atoms in total. The summed E-state index contributed by atoms with van der Waals surface area (Å²) in [5.74, 6) is 0. The van der Waals surface area contributed by atoms with E-state index in [2.05, 4.69) is 21.0 Å². The zero-order chi connectivity index (χ0) is 26.2. The summed E-state index contributed by atoms with van der Waals surface area (Å²) in [5, 5.41) is 13.7. The monoisotopic (exact) mass is 500 g/mol. The predicted molar refractivity (Wildman–Crippen MR) is 133 cm³/mol. The first-order valence-electron chi connectivity index (χ1n) is 12.2. The number of pyridine rings is 1. The van der Waals surface area contributed by atoms with Gasteiger partial charge in [-0.1, -0.05) is 32.0 Å². The van der Waals surface area contributed by atoms with Gasteiger partial charge in [0.25, 0.3) is 5.56 Å². The fraction of sp³-hybridized carbons (Fsp3) is 0.500. The molecule has 192 valence electrons. The molecule has 1 fully saturated rings. The van der Waals surface area contributed by atoms with Crippen molar-refractivity contribution in [1.82, 2.24) is 19.2 Å². The normalized spacial score (nSPS) is 20.0. The fourth-order valence-corrected chi connectivity index (χ4v) is 5.36. The van der Waals surface area contributed by atoms with Gasteiger partial charge in [0.15, 0.2) is 0 Å². The Hall–Kier alpha value is -3.32. The van der Waals surface area contributed by atoms with Crippen LogP contribution in [0.5, 0.6) is 0 Å². The number of aromatic nitrogens is 3. The van der Waals surface area contributed by atoms with Gasteiger partial charge in [-0.3, -0.25) is 14.4 Å². The number of nitrogens with zero attached hydrogens (tertiary/aromatic N) is 6. The average Bonchev–Trinajstić information content (AvgIpc) is 3.29. The fourth-order valence-electron chi connectivity index (χ4n) is 5.36. The Kier molecular flexibility index (Phi) is 7.14. The zero-order valence-electron chi connectivity index (χ0n) is 21.0. The molecule has 36 heavy (non-hydrogen) atoms. The Bertz CT molecular complexity index is 1340. The molecular weight excluding hydrogens is 469 g/mol. The second-order valence-corrected chi connectivity index (χ2v) is 9.38. The summed E-state index contributed by atoms with van der Waals surface area (Å²) in [5.41, 5.74) is 1.50. The van der Waals surface area contributed by atoms with Crippen LogP contribution in [0.4, 0.5) is 18.9 Å². The van der Waals surface area contributed by atoms with E-state index >= 15 is 0 Å². The largest absolute Gasteiger partial charge is 0.416 e. The van der Waals surface area contributed by atoms with Gasteiger partial charge in [0.05, 0.1) is 29.0 Å². The van der Waals surface area contributed by atoms with Crippen LogP contribution in [0.25, 0.3) is 11.0 Å². The van der Waals surface area contributed by atoms with Crippen molar-refractivity contribution < 1.29 is 13.2 Å². The van der Waals surface area contributed by atoms with Gasteiger partial charge in [-0.05, 0) is 31.4 Å². The van der Waals surface area contributed by atoms with Crippen molar-refractivity contribution in [3.63, 3.8) is 0 Å². The Morgan fingerprint density at radius 1 is 1.17 bits per heavy atom. The molecule has 1 aliphatic heterocycles. The van der Waals surface area contributed by atoms with Gasteiger partial charge in [-0.25, -0.2) is 0 Å². The van der Waals surface area contributed by atoms with Crippen molar-refractivity contribution in [2.75, 3.05) is 18.0 Å². The zero-order valence-corrected chi connectivity index (χ0v) is 21.0. The number of fused-ring (bicyclic) bond motifs is 1. The molecule has 0 aliphatic carbocycles. The van der Waals surface area contributed by atoms with Crippen LogP contribution in [0.3, 0.4) is 0 Å². The summed E-state index contributed by atoms with van der Waals surface area (Å²) >= 11 is 0. The third-order valence-corrected chi connectivity index (χ3v) is 7.37. The first-order valence-corrected chi connectivity index (χ1v) is 12.2. The Balaban J connectivity index is 1.74. The molecule has 3 atom stereocenters. The Morgan fingerprint density at radius 3 is 2.50 bits per heavy atom. The number of alkyl halides is 3. The number of nitriles is 1. The minimum absolute atomic E-state index is 0.0234. The number of halogens is 3. The lowest BCUT2D eigenvalue weighted by Crippen LogP contribution is -2.59. The molecule has 10 heteroatoms. The maximum atomic E-state index is 13.8. The van der Waals surface area contributed by atoms with Gasteiger partial charge in [0, 0.05) is 44.3 Å². The minimum Gasteiger partial charge on any atom is -0.364 e. The van der Waals surface area contributed by atoms with E-state index in [4.69, 9.17) is 5.26 Å². The third-order valence-electron chi connectivity index (χ3n) is 7.37. The van der Waals surface area contributed by atoms with Crippen molar-refractivity contribution in [2.45, 2.75) is 64.5 Å². The number of hydrogen-bond acceptors (Lipinski definition) is 5. The molecule has 3 aromatic rings. The van der Waals surface area contributed by atoms with Crippen LogP contribution in [-0.2, 0) is 19.8 Å². The molecule has 0 amide bonds. The first-order chi connectivity index (χ1) is 17.1. The van der Waals surface area contributed by atoms with E-state index in [1.54, 1.807) is 31.4 Å². The molecule has 2 aromatic heterocycles. The van der Waals surface area contributed by atoms with E-state index in [1.165, 1.54) is 15.3 Å². The maximum absolute atomic E-state index is 13.8. The number of anilines is 1. The highest BCUT2D eigenvalue weighted by Crippen LogP contribution is 2.39. The number of aryl methyl sites for hydroxylation is 1. The topological polar surface area (TPSA) is 70.1 Å². The first kappa shape index (κ1) is 25.8. The van der Waals surface area contributed by atoms with Gasteiger partial charge in [0.1, 0.15) is 12.1 Å². The van der Waals surface area contributed by atoms with Crippen LogP contribution in [0.1, 0.15) is 50.8 Å². The van der Waals surface area contributed by atoms with Gasteiger partial charge >= 0.3 is 6.18 Å². The number of hydrogen-bond donors (Lipinski definition) is 0. The summed E-state index contributed by atoms with van der Waals surface area (Å²) in [6, 6.07) is 8.98. The van der Waals surface area contributed by atoms with Crippen LogP contribution < -0.4 is 10.5 Å². The number of piperazine rings is 1. The smallest absolute Gasteiger partial charge is 0.364 e. The van der Waals surface area contributed by atoms with Gasteiger partial charge in [0.2, 0.25) is 0 Å². The maximum Gasteiger partial charge on any atom is 0.416 e. The van der Waals surface area contributed by atoms with E-state index in [1.807, 2.05) is 20.8 Å². The molecule has 4 rings (SSSR count). The standard InChI is InChI=1S/C26H31F3N6O/c1-5-18-15-35(22-13-24(36)32(4)23-16-33(12-11-30)31-25(22)23)19(6-2)14-34(18)17(3)20-9-7-8-10-21(20)26(27,28)29/h7-10,13,16-19H,5-6,12,14-15H2,1-4H3/t17?,18-,19+/m1/s1. The Labute approximate surface area is 208 Å². The second-order valence-electron chi connectivity index (χ2n) is 9.38. The van der Waals surface area contributed by atoms with Crippen LogP contribution in [0.2, 0.25) is 0 Å². The van der Waals surface area contributed by atoms with E-state index < -0.39 is 17.8 Å². The lowest BCUT2D eigenvalue weighted by Gasteiger charge is -2.49. The van der Waals surface area contributed by atoms with Crippen LogP contribution in [-0.4, -0.2) is 44.4 Å². The van der Waals surface area contributed by atoms with E-state index in [0.29, 0.717) is 29.8 Å². The van der Waals surface area contributed by atoms with Crippen LogP contribution in [0, 0.1) is 11.3 Å². The van der Waals surface area contributed by atoms with Crippen LogP contribution >= 0.6 is 0 Å². The molecular formula is C26H31F3N6O. The van der Waals surface area contributed by atoms with Crippen molar-refractivity contribution in [3.05, 3.63) is 58.0 Å². The SMILES string of the molecule is CC[C@H]1CN(C(C)c2ccccc2C(F)(F)F)[C@H](CC)CN1c1cc(=O)n(C)c2cn(CC#N)nc12. The molecule has 0 radical (unpaired) electrons.